The van der Waals surface area contributed by atoms with Crippen LogP contribution in [0.15, 0.2) is 30.3 Å². The van der Waals surface area contributed by atoms with E-state index in [1.807, 2.05) is 30.3 Å². The van der Waals surface area contributed by atoms with E-state index in [2.05, 4.69) is 18.6 Å². The molecule has 0 N–H and O–H groups in total. The van der Waals surface area contributed by atoms with Crippen LogP contribution in [0.3, 0.4) is 0 Å². The number of benzene rings is 1. The van der Waals surface area contributed by atoms with Crippen molar-refractivity contribution in [1.29, 1.82) is 0 Å². The molecule has 1 aromatic carbocycles. The summed E-state index contributed by atoms with van der Waals surface area (Å²) in [4.78, 5) is 9.76. The van der Waals surface area contributed by atoms with Gasteiger partial charge in [-0.2, -0.15) is 0 Å². The molecule has 0 heterocycles. The summed E-state index contributed by atoms with van der Waals surface area (Å²) in [6, 6.07) is 9.55. The van der Waals surface area contributed by atoms with Gasteiger partial charge in [-0.15, -0.1) is 0 Å². The molecule has 0 saturated carbocycles. The lowest BCUT2D eigenvalue weighted by Crippen LogP contribution is -1.88. The van der Waals surface area contributed by atoms with Gasteiger partial charge in [0.2, 0.25) is 0 Å². The summed E-state index contributed by atoms with van der Waals surface area (Å²) < 4.78 is 4.54. The van der Waals surface area contributed by atoms with Crippen LogP contribution >= 0.6 is 0 Å². The molecule has 1 rings (SSSR count). The fraction of sp³-hybridized carbons (Fsp3) is 0.417. The van der Waals surface area contributed by atoms with Gasteiger partial charge < -0.3 is 4.74 Å². The van der Waals surface area contributed by atoms with Gasteiger partial charge in [0, 0.05) is 0 Å². The summed E-state index contributed by atoms with van der Waals surface area (Å²) in [6.45, 7) is 5.18. The third-order valence-corrected chi connectivity index (χ3v) is 1.66. The quantitative estimate of drug-likeness (QED) is 0.688. The molecular weight excluding hydrogens is 176 g/mol. The van der Waals surface area contributed by atoms with E-state index >= 15 is 0 Å². The second-order valence-electron chi connectivity index (χ2n) is 2.89. The summed E-state index contributed by atoms with van der Waals surface area (Å²) >= 11 is 0. The average Bonchev–Trinajstić information content (AvgIpc) is 2.28. The molecule has 0 unspecified atom stereocenters. The van der Waals surface area contributed by atoms with Crippen LogP contribution in [-0.4, -0.2) is 6.47 Å². The first kappa shape index (κ1) is 12.7. The van der Waals surface area contributed by atoms with Crippen molar-refractivity contribution in [2.45, 2.75) is 33.3 Å². The molecule has 0 saturated heterocycles. The molecule has 0 bridgehead atoms. The highest BCUT2D eigenvalue weighted by Crippen LogP contribution is 1.98. The molecule has 0 aromatic heterocycles. The van der Waals surface area contributed by atoms with Crippen LogP contribution in [0.4, 0.5) is 0 Å². The molecule has 2 heteroatoms. The van der Waals surface area contributed by atoms with Crippen LogP contribution in [0.25, 0.3) is 0 Å². The zero-order chi connectivity index (χ0) is 10.6. The van der Waals surface area contributed by atoms with Crippen molar-refractivity contribution in [3.8, 4) is 0 Å². The van der Waals surface area contributed by atoms with Crippen molar-refractivity contribution in [2.75, 3.05) is 0 Å². The Morgan fingerprint density at radius 2 is 1.71 bits per heavy atom. The third kappa shape index (κ3) is 7.35. The van der Waals surface area contributed by atoms with E-state index in [9.17, 15) is 4.79 Å². The standard InChI is InChI=1S/C8H8O2.C4H10/c9-7-10-6-8-4-2-1-3-5-8;1-3-4-2/h1-5,7H,6H2;3-4H2,1-2H3. The zero-order valence-corrected chi connectivity index (χ0v) is 8.90. The van der Waals surface area contributed by atoms with Gasteiger partial charge in [-0.05, 0) is 5.56 Å². The summed E-state index contributed by atoms with van der Waals surface area (Å²) in [5, 5.41) is 0. The van der Waals surface area contributed by atoms with Gasteiger partial charge in [0.05, 0.1) is 0 Å². The molecule has 1 aromatic rings. The molecule has 0 atom stereocenters. The van der Waals surface area contributed by atoms with E-state index in [1.165, 1.54) is 12.8 Å². The lowest BCUT2D eigenvalue weighted by Gasteiger charge is -1.95. The molecule has 0 aliphatic carbocycles. The fourth-order valence-corrected chi connectivity index (χ4v) is 0.704. The van der Waals surface area contributed by atoms with Gasteiger partial charge in [0.1, 0.15) is 6.61 Å². The number of hydrogen-bond donors (Lipinski definition) is 0. The third-order valence-electron chi connectivity index (χ3n) is 1.66. The predicted octanol–water partition coefficient (Wildman–Crippen LogP) is 3.17. The summed E-state index contributed by atoms with van der Waals surface area (Å²) in [6.07, 6.45) is 2.64. The molecule has 0 aliphatic heterocycles. The minimum Gasteiger partial charge on any atom is -0.463 e. The van der Waals surface area contributed by atoms with E-state index < -0.39 is 0 Å². The molecule has 0 radical (unpaired) electrons. The molecular formula is C12H18O2. The first-order valence-electron chi connectivity index (χ1n) is 4.94. The van der Waals surface area contributed by atoms with Crippen LogP contribution in [0.5, 0.6) is 0 Å². The Bertz CT molecular complexity index is 217. The first-order chi connectivity index (χ1) is 6.85. The summed E-state index contributed by atoms with van der Waals surface area (Å²) in [7, 11) is 0. The Balaban J connectivity index is 0.000000364. The molecule has 0 spiro atoms. The Morgan fingerprint density at radius 3 is 2.14 bits per heavy atom. The highest BCUT2D eigenvalue weighted by Gasteiger charge is 1.87. The Hall–Kier alpha value is -1.31. The molecule has 2 nitrogen and oxygen atoms in total. The van der Waals surface area contributed by atoms with Gasteiger partial charge in [-0.3, -0.25) is 4.79 Å². The average molecular weight is 194 g/mol. The van der Waals surface area contributed by atoms with Crippen molar-refractivity contribution in [1.82, 2.24) is 0 Å². The monoisotopic (exact) mass is 194 g/mol. The normalized spacial score (nSPS) is 8.43. The Kier molecular flexibility index (Phi) is 8.86. The highest BCUT2D eigenvalue weighted by atomic mass is 16.5. The number of carbonyl (C=O) groups is 1. The van der Waals surface area contributed by atoms with Crippen LogP contribution in [0.2, 0.25) is 0 Å². The van der Waals surface area contributed by atoms with E-state index in [4.69, 9.17) is 0 Å². The second-order valence-corrected chi connectivity index (χ2v) is 2.89. The molecule has 0 amide bonds. The fourth-order valence-electron chi connectivity index (χ4n) is 0.704. The SMILES string of the molecule is CCCC.O=COCc1ccccc1. The van der Waals surface area contributed by atoms with E-state index in [1.54, 1.807) is 0 Å². The molecule has 78 valence electrons. The zero-order valence-electron chi connectivity index (χ0n) is 8.90. The predicted molar refractivity (Wildman–Crippen MR) is 57.9 cm³/mol. The van der Waals surface area contributed by atoms with Crippen molar-refractivity contribution >= 4 is 6.47 Å². The first-order valence-corrected chi connectivity index (χ1v) is 4.94. The van der Waals surface area contributed by atoms with Gasteiger partial charge in [-0.25, -0.2) is 0 Å². The highest BCUT2D eigenvalue weighted by molar-refractivity contribution is 5.37. The number of ether oxygens (including phenoxy) is 1. The number of carbonyl (C=O) groups excluding carboxylic acids is 1. The van der Waals surface area contributed by atoms with Gasteiger partial charge in [-0.1, -0.05) is 57.0 Å². The maximum Gasteiger partial charge on any atom is 0.293 e. The van der Waals surface area contributed by atoms with Gasteiger partial charge in [0.15, 0.2) is 0 Å². The van der Waals surface area contributed by atoms with E-state index in [-0.39, 0.29) is 0 Å². The van der Waals surface area contributed by atoms with Crippen LogP contribution in [0.1, 0.15) is 32.3 Å². The van der Waals surface area contributed by atoms with Gasteiger partial charge in [0.25, 0.3) is 6.47 Å². The second kappa shape index (κ2) is 9.78. The maximum atomic E-state index is 9.76. The summed E-state index contributed by atoms with van der Waals surface area (Å²) in [5.74, 6) is 0. The molecule has 0 fully saturated rings. The lowest BCUT2D eigenvalue weighted by atomic mass is 10.2. The van der Waals surface area contributed by atoms with Crippen molar-refractivity contribution < 1.29 is 9.53 Å². The van der Waals surface area contributed by atoms with Crippen molar-refractivity contribution in [3.05, 3.63) is 35.9 Å². The van der Waals surface area contributed by atoms with Crippen LogP contribution < -0.4 is 0 Å². The smallest absolute Gasteiger partial charge is 0.293 e. The molecule has 14 heavy (non-hydrogen) atoms. The van der Waals surface area contributed by atoms with E-state index in [0.717, 1.165) is 5.56 Å². The number of rotatable bonds is 4. The topological polar surface area (TPSA) is 26.3 Å². The minimum atomic E-state index is 0.365. The van der Waals surface area contributed by atoms with Crippen LogP contribution in [-0.2, 0) is 16.1 Å². The van der Waals surface area contributed by atoms with Crippen molar-refractivity contribution in [2.24, 2.45) is 0 Å². The molecule has 0 aliphatic rings. The summed E-state index contributed by atoms with van der Waals surface area (Å²) in [5.41, 5.74) is 1.01. The Morgan fingerprint density at radius 1 is 1.14 bits per heavy atom. The van der Waals surface area contributed by atoms with E-state index in [0.29, 0.717) is 13.1 Å². The van der Waals surface area contributed by atoms with Crippen LogP contribution in [0, 0.1) is 0 Å². The maximum absolute atomic E-state index is 9.76. The minimum absolute atomic E-state index is 0.365. The Labute approximate surface area is 85.9 Å². The number of hydrogen-bond acceptors (Lipinski definition) is 2. The number of unbranched alkanes of at least 4 members (excludes halogenated alkanes) is 1. The van der Waals surface area contributed by atoms with Crippen molar-refractivity contribution in [3.63, 3.8) is 0 Å². The van der Waals surface area contributed by atoms with Gasteiger partial charge >= 0.3 is 0 Å². The largest absolute Gasteiger partial charge is 0.463 e. The lowest BCUT2D eigenvalue weighted by molar-refractivity contribution is -0.129.